The van der Waals surface area contributed by atoms with Crippen molar-refractivity contribution in [3.05, 3.63) is 82.7 Å². The Labute approximate surface area is 180 Å². The standard InChI is InChI=1S/C24H26F2N4O/c1-3-24(31)28(2)16-22-20-15-29(14-17-6-4-5-7-21(17)26)13-12-23(20)30(27-22)19-10-8-18(25)9-11-19/h4-11H,3,12-16H2,1-2H3. The zero-order valence-corrected chi connectivity index (χ0v) is 17.8. The lowest BCUT2D eigenvalue weighted by Crippen LogP contribution is -2.32. The highest BCUT2D eigenvalue weighted by atomic mass is 19.1. The zero-order chi connectivity index (χ0) is 22.0. The van der Waals surface area contributed by atoms with Crippen molar-refractivity contribution in [2.75, 3.05) is 13.6 Å². The number of benzene rings is 2. The first-order valence-electron chi connectivity index (χ1n) is 10.5. The fraction of sp³-hybridized carbons (Fsp3) is 0.333. The monoisotopic (exact) mass is 424 g/mol. The molecule has 0 spiro atoms. The first-order valence-corrected chi connectivity index (χ1v) is 10.5. The van der Waals surface area contributed by atoms with Crippen LogP contribution in [0.15, 0.2) is 48.5 Å². The van der Waals surface area contributed by atoms with Gasteiger partial charge in [-0.1, -0.05) is 25.1 Å². The largest absolute Gasteiger partial charge is 0.340 e. The van der Waals surface area contributed by atoms with Crippen molar-refractivity contribution in [2.45, 2.75) is 39.4 Å². The minimum Gasteiger partial charge on any atom is -0.340 e. The smallest absolute Gasteiger partial charge is 0.222 e. The molecule has 2 aromatic carbocycles. The summed E-state index contributed by atoms with van der Waals surface area (Å²) in [4.78, 5) is 16.0. The van der Waals surface area contributed by atoms with E-state index >= 15 is 0 Å². The van der Waals surface area contributed by atoms with Crippen LogP contribution in [-0.4, -0.2) is 39.1 Å². The number of halogens is 2. The molecule has 4 rings (SSSR count). The summed E-state index contributed by atoms with van der Waals surface area (Å²) in [6.07, 6.45) is 1.16. The summed E-state index contributed by atoms with van der Waals surface area (Å²) < 4.78 is 29.4. The minimum absolute atomic E-state index is 0.0455. The molecule has 1 amide bonds. The van der Waals surface area contributed by atoms with E-state index in [9.17, 15) is 13.6 Å². The predicted octanol–water partition coefficient (Wildman–Crippen LogP) is 4.08. The molecule has 0 atom stereocenters. The van der Waals surface area contributed by atoms with Crippen LogP contribution in [0.3, 0.4) is 0 Å². The molecule has 0 radical (unpaired) electrons. The number of aromatic nitrogens is 2. The highest BCUT2D eigenvalue weighted by molar-refractivity contribution is 5.75. The Morgan fingerprint density at radius 1 is 1.13 bits per heavy atom. The first kappa shape index (κ1) is 21.2. The SMILES string of the molecule is CCC(=O)N(C)Cc1nn(-c2ccc(F)cc2)c2c1CN(Cc1ccccc1F)CC2. The van der Waals surface area contributed by atoms with Crippen molar-refractivity contribution in [3.8, 4) is 5.69 Å². The van der Waals surface area contributed by atoms with Gasteiger partial charge >= 0.3 is 0 Å². The zero-order valence-electron chi connectivity index (χ0n) is 17.8. The normalized spacial score (nSPS) is 13.8. The fourth-order valence-electron chi connectivity index (χ4n) is 4.05. The predicted molar refractivity (Wildman–Crippen MR) is 115 cm³/mol. The number of amides is 1. The summed E-state index contributed by atoms with van der Waals surface area (Å²) in [5.41, 5.74) is 4.39. The topological polar surface area (TPSA) is 41.4 Å². The van der Waals surface area contributed by atoms with Gasteiger partial charge in [-0.05, 0) is 30.3 Å². The van der Waals surface area contributed by atoms with Crippen molar-refractivity contribution in [1.29, 1.82) is 0 Å². The van der Waals surface area contributed by atoms with Crippen LogP contribution in [0.5, 0.6) is 0 Å². The van der Waals surface area contributed by atoms with Crippen LogP contribution in [0, 0.1) is 11.6 Å². The third-order valence-corrected chi connectivity index (χ3v) is 5.76. The molecule has 1 aliphatic rings. The van der Waals surface area contributed by atoms with Crippen LogP contribution in [0.4, 0.5) is 8.78 Å². The Morgan fingerprint density at radius 3 is 2.58 bits per heavy atom. The average molecular weight is 424 g/mol. The highest BCUT2D eigenvalue weighted by Crippen LogP contribution is 2.27. The quantitative estimate of drug-likeness (QED) is 0.599. The lowest BCUT2D eigenvalue weighted by molar-refractivity contribution is -0.130. The van der Waals surface area contributed by atoms with Gasteiger partial charge in [0.1, 0.15) is 11.6 Å². The number of fused-ring (bicyclic) bond motifs is 1. The van der Waals surface area contributed by atoms with Gasteiger partial charge in [-0.25, -0.2) is 13.5 Å². The second-order valence-corrected chi connectivity index (χ2v) is 7.92. The summed E-state index contributed by atoms with van der Waals surface area (Å²) in [6.45, 7) is 4.13. The molecule has 162 valence electrons. The average Bonchev–Trinajstić information content (AvgIpc) is 3.13. The molecule has 3 aromatic rings. The van der Waals surface area contributed by atoms with E-state index in [1.165, 1.54) is 18.2 Å². The molecular weight excluding hydrogens is 398 g/mol. The summed E-state index contributed by atoms with van der Waals surface area (Å²) in [6, 6.07) is 13.1. The van der Waals surface area contributed by atoms with Gasteiger partial charge in [0.2, 0.25) is 5.91 Å². The Bertz CT molecular complexity index is 1080. The van der Waals surface area contributed by atoms with Crippen LogP contribution >= 0.6 is 0 Å². The maximum Gasteiger partial charge on any atom is 0.222 e. The van der Waals surface area contributed by atoms with Crippen molar-refractivity contribution in [2.24, 2.45) is 0 Å². The molecule has 31 heavy (non-hydrogen) atoms. The molecule has 0 aliphatic carbocycles. The van der Waals surface area contributed by atoms with Crippen LogP contribution in [0.1, 0.15) is 35.9 Å². The van der Waals surface area contributed by atoms with E-state index in [0.717, 1.165) is 35.6 Å². The van der Waals surface area contributed by atoms with Gasteiger partial charge in [0, 0.05) is 50.7 Å². The van der Waals surface area contributed by atoms with Gasteiger partial charge in [-0.2, -0.15) is 5.10 Å². The molecular formula is C24H26F2N4O. The third-order valence-electron chi connectivity index (χ3n) is 5.76. The van der Waals surface area contributed by atoms with E-state index in [-0.39, 0.29) is 17.5 Å². The molecule has 0 unspecified atom stereocenters. The Morgan fingerprint density at radius 2 is 1.87 bits per heavy atom. The molecule has 0 saturated heterocycles. The molecule has 1 aromatic heterocycles. The molecule has 5 nitrogen and oxygen atoms in total. The van der Waals surface area contributed by atoms with Crippen molar-refractivity contribution >= 4 is 5.91 Å². The van der Waals surface area contributed by atoms with E-state index in [1.807, 2.05) is 17.7 Å². The van der Waals surface area contributed by atoms with Crippen molar-refractivity contribution < 1.29 is 13.6 Å². The van der Waals surface area contributed by atoms with Gasteiger partial charge in [0.15, 0.2) is 0 Å². The summed E-state index contributed by atoms with van der Waals surface area (Å²) in [7, 11) is 1.77. The fourth-order valence-corrected chi connectivity index (χ4v) is 4.05. The van der Waals surface area contributed by atoms with Crippen molar-refractivity contribution in [3.63, 3.8) is 0 Å². The number of hydrogen-bond acceptors (Lipinski definition) is 3. The van der Waals surface area contributed by atoms with Gasteiger partial charge in [0.05, 0.1) is 23.6 Å². The molecule has 0 fully saturated rings. The molecule has 7 heteroatoms. The summed E-state index contributed by atoms with van der Waals surface area (Å²) >= 11 is 0. The summed E-state index contributed by atoms with van der Waals surface area (Å²) in [5.74, 6) is -0.456. The van der Waals surface area contributed by atoms with Crippen LogP contribution in [0.25, 0.3) is 5.69 Å². The maximum absolute atomic E-state index is 14.2. The summed E-state index contributed by atoms with van der Waals surface area (Å²) in [5, 5.41) is 4.81. The van der Waals surface area contributed by atoms with E-state index in [2.05, 4.69) is 4.90 Å². The Hall–Kier alpha value is -3.06. The first-order chi connectivity index (χ1) is 15.0. The molecule has 0 N–H and O–H groups in total. The number of rotatable bonds is 6. The number of carbonyl (C=O) groups is 1. The van der Waals surface area contributed by atoms with E-state index in [0.29, 0.717) is 31.6 Å². The van der Waals surface area contributed by atoms with Gasteiger partial charge in [-0.15, -0.1) is 0 Å². The number of nitrogens with zero attached hydrogens (tertiary/aromatic N) is 4. The second kappa shape index (κ2) is 8.98. The Kier molecular flexibility index (Phi) is 6.13. The van der Waals surface area contributed by atoms with Crippen LogP contribution in [0.2, 0.25) is 0 Å². The number of carbonyl (C=O) groups excluding carboxylic acids is 1. The van der Waals surface area contributed by atoms with E-state index in [4.69, 9.17) is 5.10 Å². The highest BCUT2D eigenvalue weighted by Gasteiger charge is 2.27. The van der Waals surface area contributed by atoms with Crippen LogP contribution in [-0.2, 0) is 30.8 Å². The van der Waals surface area contributed by atoms with Gasteiger partial charge in [0.25, 0.3) is 0 Å². The van der Waals surface area contributed by atoms with Gasteiger partial charge in [-0.3, -0.25) is 9.69 Å². The molecule has 2 heterocycles. The lowest BCUT2D eigenvalue weighted by atomic mass is 10.0. The van der Waals surface area contributed by atoms with Crippen molar-refractivity contribution in [1.82, 2.24) is 19.6 Å². The van der Waals surface area contributed by atoms with Crippen LogP contribution < -0.4 is 0 Å². The molecule has 0 saturated carbocycles. The van der Waals surface area contributed by atoms with E-state index < -0.39 is 0 Å². The number of hydrogen-bond donors (Lipinski definition) is 0. The van der Waals surface area contributed by atoms with Gasteiger partial charge < -0.3 is 4.90 Å². The second-order valence-electron chi connectivity index (χ2n) is 7.92. The third kappa shape index (κ3) is 4.51. The minimum atomic E-state index is -0.297. The lowest BCUT2D eigenvalue weighted by Gasteiger charge is -2.28. The Balaban J connectivity index is 1.66. The maximum atomic E-state index is 14.2. The van der Waals surface area contributed by atoms with E-state index in [1.54, 1.807) is 36.2 Å². The molecule has 0 bridgehead atoms. The molecule has 1 aliphatic heterocycles.